The summed E-state index contributed by atoms with van der Waals surface area (Å²) in [6, 6.07) is 9.05. The summed E-state index contributed by atoms with van der Waals surface area (Å²) in [5.41, 5.74) is 10.5. The zero-order valence-corrected chi connectivity index (χ0v) is 19.5. The second-order valence-electron chi connectivity index (χ2n) is 8.75. The number of nitrogens with two attached hydrogens (primary N) is 1. The Morgan fingerprint density at radius 1 is 0.943 bits per heavy atom. The van der Waals surface area contributed by atoms with Gasteiger partial charge in [0.2, 0.25) is 0 Å². The quantitative estimate of drug-likeness (QED) is 0.460. The Labute approximate surface area is 202 Å². The smallest absolute Gasteiger partial charge is 0.255 e. The molecule has 0 unspecified atom stereocenters. The van der Waals surface area contributed by atoms with Crippen molar-refractivity contribution in [3.05, 3.63) is 72.4 Å². The van der Waals surface area contributed by atoms with E-state index in [1.54, 1.807) is 38.9 Å². The Kier molecular flexibility index (Phi) is 5.77. The van der Waals surface area contributed by atoms with Gasteiger partial charge in [-0.3, -0.25) is 19.0 Å². The van der Waals surface area contributed by atoms with E-state index in [0.717, 1.165) is 22.3 Å². The van der Waals surface area contributed by atoms with Crippen LogP contribution in [-0.2, 0) is 14.1 Å². The first kappa shape index (κ1) is 22.3. The molecule has 1 fully saturated rings. The van der Waals surface area contributed by atoms with Crippen molar-refractivity contribution in [1.29, 1.82) is 0 Å². The van der Waals surface area contributed by atoms with Gasteiger partial charge in [0.1, 0.15) is 5.82 Å². The first-order valence-corrected chi connectivity index (χ1v) is 11.3. The van der Waals surface area contributed by atoms with E-state index < -0.39 is 0 Å². The fourth-order valence-corrected chi connectivity index (χ4v) is 4.27. The molecule has 178 valence electrons. The molecule has 0 radical (unpaired) electrons. The fourth-order valence-electron chi connectivity index (χ4n) is 4.27. The molecule has 1 saturated heterocycles. The van der Waals surface area contributed by atoms with Crippen molar-refractivity contribution in [1.82, 2.24) is 34.8 Å². The normalized spacial score (nSPS) is 15.4. The monoisotopic (exact) mass is 470 g/mol. The van der Waals surface area contributed by atoms with Crippen molar-refractivity contribution < 1.29 is 9.59 Å². The zero-order valence-electron chi connectivity index (χ0n) is 19.5. The number of nitrogens with one attached hydrogen (secondary N) is 1. The minimum Gasteiger partial charge on any atom is -0.383 e. The number of likely N-dealkylation sites (tertiary alicyclic amines) is 1. The van der Waals surface area contributed by atoms with Gasteiger partial charge in [0.15, 0.2) is 0 Å². The van der Waals surface area contributed by atoms with Gasteiger partial charge in [-0.25, -0.2) is 4.98 Å². The minimum atomic E-state index is -0.305. The predicted molar refractivity (Wildman–Crippen MR) is 131 cm³/mol. The second-order valence-corrected chi connectivity index (χ2v) is 8.75. The Bertz CT molecular complexity index is 1390. The highest BCUT2D eigenvalue weighted by Gasteiger charge is 2.29. The maximum absolute atomic E-state index is 13.0. The standard InChI is InChI=1S/C25H26N8O2/c1-31-13-19(11-28-31)16-3-5-17(6-4-16)25(35)33-8-7-21(15-33)30-24(34)22-9-18(10-27-23(22)26)20-12-29-32(2)14-20/h3-6,9-14,21H,7-8,15H2,1-2H3,(H2,26,27)(H,30,34)/t21-/m1/s1. The van der Waals surface area contributed by atoms with E-state index in [4.69, 9.17) is 5.73 Å². The first-order chi connectivity index (χ1) is 16.9. The number of anilines is 1. The lowest BCUT2D eigenvalue weighted by atomic mass is 10.1. The Morgan fingerprint density at radius 3 is 2.23 bits per heavy atom. The second kappa shape index (κ2) is 9.05. The molecule has 0 aliphatic carbocycles. The van der Waals surface area contributed by atoms with Crippen molar-refractivity contribution in [2.75, 3.05) is 18.8 Å². The topological polar surface area (TPSA) is 124 Å². The first-order valence-electron chi connectivity index (χ1n) is 11.3. The molecule has 0 spiro atoms. The highest BCUT2D eigenvalue weighted by Crippen LogP contribution is 2.23. The molecule has 4 heterocycles. The molecule has 1 aliphatic rings. The number of hydrogen-bond acceptors (Lipinski definition) is 6. The summed E-state index contributed by atoms with van der Waals surface area (Å²) in [6.07, 6.45) is 9.56. The molecular weight excluding hydrogens is 444 g/mol. The van der Waals surface area contributed by atoms with Gasteiger partial charge >= 0.3 is 0 Å². The summed E-state index contributed by atoms with van der Waals surface area (Å²) in [5.74, 6) is -0.199. The van der Waals surface area contributed by atoms with Crippen LogP contribution >= 0.6 is 0 Å². The largest absolute Gasteiger partial charge is 0.383 e. The molecule has 3 aromatic heterocycles. The van der Waals surface area contributed by atoms with Gasteiger partial charge < -0.3 is 16.0 Å². The number of pyridine rings is 1. The van der Waals surface area contributed by atoms with Crippen molar-refractivity contribution >= 4 is 17.6 Å². The molecule has 1 atom stereocenters. The summed E-state index contributed by atoms with van der Waals surface area (Å²) in [4.78, 5) is 31.9. The molecule has 35 heavy (non-hydrogen) atoms. The Hall–Kier alpha value is -4.47. The summed E-state index contributed by atoms with van der Waals surface area (Å²) < 4.78 is 3.42. The van der Waals surface area contributed by atoms with Crippen LogP contribution in [0.2, 0.25) is 0 Å². The van der Waals surface area contributed by atoms with E-state index in [0.29, 0.717) is 30.6 Å². The van der Waals surface area contributed by atoms with Gasteiger partial charge in [0, 0.05) is 74.1 Å². The predicted octanol–water partition coefficient (Wildman–Crippen LogP) is 2.11. The third kappa shape index (κ3) is 4.63. The molecule has 4 aromatic rings. The molecule has 1 aromatic carbocycles. The average Bonchev–Trinajstić information content (AvgIpc) is 3.60. The maximum atomic E-state index is 13.0. The van der Waals surface area contributed by atoms with Gasteiger partial charge in [-0.05, 0) is 30.2 Å². The lowest BCUT2D eigenvalue weighted by Gasteiger charge is -2.18. The number of aromatic nitrogens is 5. The van der Waals surface area contributed by atoms with Crippen molar-refractivity contribution in [3.63, 3.8) is 0 Å². The molecule has 3 N–H and O–H groups in total. The van der Waals surface area contributed by atoms with Crippen molar-refractivity contribution in [3.8, 4) is 22.3 Å². The number of aryl methyl sites for hydroxylation is 2. The van der Waals surface area contributed by atoms with Crippen LogP contribution in [-0.4, -0.2) is 60.4 Å². The molecule has 0 bridgehead atoms. The van der Waals surface area contributed by atoms with Crippen LogP contribution in [0.5, 0.6) is 0 Å². The molecule has 10 heteroatoms. The van der Waals surface area contributed by atoms with Gasteiger partial charge in [0.05, 0.1) is 18.0 Å². The zero-order chi connectivity index (χ0) is 24.5. The number of carbonyl (C=O) groups is 2. The number of hydrogen-bond donors (Lipinski definition) is 2. The molecule has 2 amide bonds. The van der Waals surface area contributed by atoms with E-state index >= 15 is 0 Å². The van der Waals surface area contributed by atoms with E-state index in [2.05, 4.69) is 20.5 Å². The molecule has 0 saturated carbocycles. The number of nitrogen functional groups attached to an aromatic ring is 1. The molecule has 10 nitrogen and oxygen atoms in total. The van der Waals surface area contributed by atoms with Crippen LogP contribution in [0.4, 0.5) is 5.82 Å². The Morgan fingerprint density at radius 2 is 1.60 bits per heavy atom. The lowest BCUT2D eigenvalue weighted by Crippen LogP contribution is -2.38. The van der Waals surface area contributed by atoms with Crippen LogP contribution in [0.25, 0.3) is 22.3 Å². The number of amides is 2. The van der Waals surface area contributed by atoms with Gasteiger partial charge in [-0.1, -0.05) is 12.1 Å². The van der Waals surface area contributed by atoms with Crippen LogP contribution in [0.15, 0.2) is 61.3 Å². The van der Waals surface area contributed by atoms with E-state index in [9.17, 15) is 9.59 Å². The van der Waals surface area contributed by atoms with Gasteiger partial charge in [-0.15, -0.1) is 0 Å². The lowest BCUT2D eigenvalue weighted by molar-refractivity contribution is 0.0783. The van der Waals surface area contributed by atoms with Crippen molar-refractivity contribution in [2.24, 2.45) is 14.1 Å². The minimum absolute atomic E-state index is 0.0563. The fraction of sp³-hybridized carbons (Fsp3) is 0.240. The van der Waals surface area contributed by atoms with Crippen LogP contribution in [0.1, 0.15) is 27.1 Å². The van der Waals surface area contributed by atoms with Gasteiger partial charge in [0.25, 0.3) is 11.8 Å². The highest BCUT2D eigenvalue weighted by molar-refractivity contribution is 6.00. The van der Waals surface area contributed by atoms with E-state index in [1.165, 1.54) is 0 Å². The summed E-state index contributed by atoms with van der Waals surface area (Å²) in [6.45, 7) is 1.00. The number of benzene rings is 1. The van der Waals surface area contributed by atoms with Crippen LogP contribution in [0.3, 0.4) is 0 Å². The van der Waals surface area contributed by atoms with Crippen LogP contribution < -0.4 is 11.1 Å². The highest BCUT2D eigenvalue weighted by atomic mass is 16.2. The third-order valence-corrected chi connectivity index (χ3v) is 6.18. The van der Waals surface area contributed by atoms with E-state index in [1.807, 2.05) is 50.8 Å². The van der Waals surface area contributed by atoms with Crippen LogP contribution in [0, 0.1) is 0 Å². The summed E-state index contributed by atoms with van der Waals surface area (Å²) in [7, 11) is 3.69. The number of nitrogens with zero attached hydrogens (tertiary/aromatic N) is 6. The molecule has 1 aliphatic heterocycles. The summed E-state index contributed by atoms with van der Waals surface area (Å²) in [5, 5.41) is 11.4. The van der Waals surface area contributed by atoms with Crippen molar-refractivity contribution in [2.45, 2.75) is 12.5 Å². The average molecular weight is 471 g/mol. The molecule has 5 rings (SSSR count). The third-order valence-electron chi connectivity index (χ3n) is 6.18. The number of rotatable bonds is 5. The summed E-state index contributed by atoms with van der Waals surface area (Å²) >= 11 is 0. The van der Waals surface area contributed by atoms with Gasteiger partial charge in [-0.2, -0.15) is 10.2 Å². The maximum Gasteiger partial charge on any atom is 0.255 e. The number of carbonyl (C=O) groups excluding carboxylic acids is 2. The molecular formula is C25H26N8O2. The van der Waals surface area contributed by atoms with E-state index in [-0.39, 0.29) is 23.7 Å². The SMILES string of the molecule is Cn1cc(-c2ccc(C(=O)N3CC[C@@H](NC(=O)c4cc(-c5cnn(C)c5)cnc4N)C3)cc2)cn1. The Balaban J connectivity index is 1.23.